The number of ether oxygens (including phenoxy) is 1. The molecule has 0 aliphatic carbocycles. The minimum atomic E-state index is -0.536. The van der Waals surface area contributed by atoms with E-state index in [0.29, 0.717) is 18.9 Å². The first-order valence-corrected chi connectivity index (χ1v) is 11.6. The molecule has 2 aromatic rings. The van der Waals surface area contributed by atoms with Gasteiger partial charge in [-0.25, -0.2) is 0 Å². The van der Waals surface area contributed by atoms with Crippen molar-refractivity contribution in [2.75, 3.05) is 36.5 Å². The molecule has 0 aromatic heterocycles. The number of aromatic hydroxyl groups is 2. The number of phenolic OH excluding ortho intramolecular Hbond substituents is 2. The van der Waals surface area contributed by atoms with Crippen LogP contribution in [0.25, 0.3) is 0 Å². The van der Waals surface area contributed by atoms with Crippen molar-refractivity contribution in [2.24, 2.45) is 0 Å². The maximum Gasteiger partial charge on any atom is 0.263 e. The zero-order chi connectivity index (χ0) is 23.1. The lowest BCUT2D eigenvalue weighted by Gasteiger charge is -2.29. The van der Waals surface area contributed by atoms with Gasteiger partial charge in [0, 0.05) is 24.5 Å². The first-order chi connectivity index (χ1) is 15.3. The third-order valence-electron chi connectivity index (χ3n) is 6.26. The SMILES string of the molecule is CCCCCCC(C)(C)c1cc(O)c(C(=O)Nc2ccc(N3CCOCC3)cc2)c(O)c1. The topological polar surface area (TPSA) is 82.0 Å². The van der Waals surface area contributed by atoms with Crippen molar-refractivity contribution < 1.29 is 19.7 Å². The van der Waals surface area contributed by atoms with Gasteiger partial charge in [0.2, 0.25) is 0 Å². The smallest absolute Gasteiger partial charge is 0.263 e. The van der Waals surface area contributed by atoms with Crippen LogP contribution in [-0.4, -0.2) is 42.4 Å². The summed E-state index contributed by atoms with van der Waals surface area (Å²) in [6.07, 6.45) is 5.60. The second-order valence-electron chi connectivity index (χ2n) is 9.18. The van der Waals surface area contributed by atoms with Gasteiger partial charge in [0.25, 0.3) is 5.91 Å². The summed E-state index contributed by atoms with van der Waals surface area (Å²) in [4.78, 5) is 15.0. The van der Waals surface area contributed by atoms with Gasteiger partial charge < -0.3 is 25.2 Å². The van der Waals surface area contributed by atoms with E-state index in [1.54, 1.807) is 12.1 Å². The van der Waals surface area contributed by atoms with Gasteiger partial charge in [-0.15, -0.1) is 0 Å². The van der Waals surface area contributed by atoms with Gasteiger partial charge in [0.05, 0.1) is 13.2 Å². The molecule has 1 fully saturated rings. The number of benzene rings is 2. The number of carbonyl (C=O) groups excluding carboxylic acids is 1. The fourth-order valence-electron chi connectivity index (χ4n) is 4.14. The highest BCUT2D eigenvalue weighted by Crippen LogP contribution is 2.37. The van der Waals surface area contributed by atoms with Crippen LogP contribution < -0.4 is 10.2 Å². The van der Waals surface area contributed by atoms with Crippen LogP contribution in [0.2, 0.25) is 0 Å². The van der Waals surface area contributed by atoms with E-state index in [0.717, 1.165) is 37.2 Å². The molecule has 0 radical (unpaired) electrons. The summed E-state index contributed by atoms with van der Waals surface area (Å²) in [5, 5.41) is 23.9. The molecule has 6 nitrogen and oxygen atoms in total. The maximum absolute atomic E-state index is 12.8. The fourth-order valence-corrected chi connectivity index (χ4v) is 4.14. The van der Waals surface area contributed by atoms with E-state index in [2.05, 4.69) is 31.0 Å². The summed E-state index contributed by atoms with van der Waals surface area (Å²) in [5.74, 6) is -0.945. The Balaban J connectivity index is 1.68. The highest BCUT2D eigenvalue weighted by Gasteiger charge is 2.25. The van der Waals surface area contributed by atoms with Crippen LogP contribution in [0.5, 0.6) is 11.5 Å². The first kappa shape index (κ1) is 23.9. The summed E-state index contributed by atoms with van der Waals surface area (Å²) in [6, 6.07) is 10.8. The second kappa shape index (κ2) is 10.7. The van der Waals surface area contributed by atoms with E-state index >= 15 is 0 Å². The Morgan fingerprint density at radius 2 is 1.66 bits per heavy atom. The third kappa shape index (κ3) is 5.94. The molecule has 6 heteroatoms. The average Bonchev–Trinajstić information content (AvgIpc) is 2.77. The Morgan fingerprint density at radius 1 is 1.03 bits per heavy atom. The average molecular weight is 441 g/mol. The Labute approximate surface area is 191 Å². The van der Waals surface area contributed by atoms with Crippen LogP contribution in [0, 0.1) is 0 Å². The first-order valence-electron chi connectivity index (χ1n) is 11.6. The molecule has 1 saturated heterocycles. The Morgan fingerprint density at radius 3 is 2.25 bits per heavy atom. The van der Waals surface area contributed by atoms with Crippen LogP contribution in [0.15, 0.2) is 36.4 Å². The van der Waals surface area contributed by atoms with Crippen LogP contribution in [-0.2, 0) is 10.2 Å². The van der Waals surface area contributed by atoms with Crippen molar-refractivity contribution in [2.45, 2.75) is 58.3 Å². The molecule has 1 aliphatic heterocycles. The third-order valence-corrected chi connectivity index (χ3v) is 6.26. The predicted octanol–water partition coefficient (Wildman–Crippen LogP) is 5.43. The lowest BCUT2D eigenvalue weighted by atomic mass is 9.79. The zero-order valence-corrected chi connectivity index (χ0v) is 19.5. The van der Waals surface area contributed by atoms with E-state index in [4.69, 9.17) is 4.74 Å². The van der Waals surface area contributed by atoms with E-state index < -0.39 is 5.91 Å². The normalized spacial score (nSPS) is 14.4. The number of phenols is 2. The highest BCUT2D eigenvalue weighted by molar-refractivity contribution is 6.08. The number of amides is 1. The maximum atomic E-state index is 12.8. The van der Waals surface area contributed by atoms with Crippen molar-refractivity contribution in [3.8, 4) is 11.5 Å². The molecule has 0 saturated carbocycles. The van der Waals surface area contributed by atoms with Crippen LogP contribution >= 0.6 is 0 Å². The van der Waals surface area contributed by atoms with Gasteiger partial charge in [-0.1, -0.05) is 46.5 Å². The quantitative estimate of drug-likeness (QED) is 0.453. The number of hydrogen-bond acceptors (Lipinski definition) is 5. The summed E-state index contributed by atoms with van der Waals surface area (Å²) in [6.45, 7) is 9.49. The van der Waals surface area contributed by atoms with Crippen molar-refractivity contribution in [1.82, 2.24) is 0 Å². The lowest BCUT2D eigenvalue weighted by Crippen LogP contribution is -2.36. The molecule has 0 atom stereocenters. The number of carbonyl (C=O) groups is 1. The van der Waals surface area contributed by atoms with Gasteiger partial charge in [0.1, 0.15) is 17.1 Å². The minimum absolute atomic E-state index is 0.104. The van der Waals surface area contributed by atoms with Crippen molar-refractivity contribution in [3.63, 3.8) is 0 Å². The molecule has 0 spiro atoms. The van der Waals surface area contributed by atoms with Crippen molar-refractivity contribution in [1.29, 1.82) is 0 Å². The molecule has 1 amide bonds. The predicted molar refractivity (Wildman–Crippen MR) is 129 cm³/mol. The number of nitrogens with zero attached hydrogens (tertiary/aromatic N) is 1. The summed E-state index contributed by atoms with van der Waals surface area (Å²) in [5.41, 5.74) is 2.20. The van der Waals surface area contributed by atoms with Gasteiger partial charge in [-0.3, -0.25) is 4.79 Å². The molecule has 2 aromatic carbocycles. The van der Waals surface area contributed by atoms with Crippen molar-refractivity contribution in [3.05, 3.63) is 47.5 Å². The lowest BCUT2D eigenvalue weighted by molar-refractivity contribution is 0.102. The molecule has 1 aliphatic rings. The molecule has 174 valence electrons. The van der Waals surface area contributed by atoms with E-state index in [-0.39, 0.29) is 22.5 Å². The molecular formula is C26H36N2O4. The fraction of sp³-hybridized carbons (Fsp3) is 0.500. The van der Waals surface area contributed by atoms with Gasteiger partial charge in [-0.05, 0) is 53.8 Å². The largest absolute Gasteiger partial charge is 0.507 e. The Kier molecular flexibility index (Phi) is 8.02. The van der Waals surface area contributed by atoms with Crippen LogP contribution in [0.1, 0.15) is 68.8 Å². The van der Waals surface area contributed by atoms with Gasteiger partial charge >= 0.3 is 0 Å². The zero-order valence-electron chi connectivity index (χ0n) is 19.5. The molecular weight excluding hydrogens is 404 g/mol. The molecule has 3 N–H and O–H groups in total. The Hall–Kier alpha value is -2.73. The van der Waals surface area contributed by atoms with Crippen LogP contribution in [0.3, 0.4) is 0 Å². The van der Waals surface area contributed by atoms with Gasteiger partial charge in [0.15, 0.2) is 0 Å². The number of unbranched alkanes of at least 4 members (excludes halogenated alkanes) is 3. The number of hydrogen-bond donors (Lipinski definition) is 3. The molecule has 0 bridgehead atoms. The number of anilines is 2. The number of rotatable bonds is 9. The minimum Gasteiger partial charge on any atom is -0.507 e. The van der Waals surface area contributed by atoms with E-state index in [1.165, 1.54) is 19.3 Å². The number of nitrogens with one attached hydrogen (secondary N) is 1. The van der Waals surface area contributed by atoms with Crippen LogP contribution in [0.4, 0.5) is 11.4 Å². The summed E-state index contributed by atoms with van der Waals surface area (Å²) in [7, 11) is 0. The standard InChI is InChI=1S/C26H36N2O4/c1-4-5-6-7-12-26(2,3)19-17-22(29)24(23(30)18-19)25(31)27-20-8-10-21(11-9-20)28-13-15-32-16-14-28/h8-11,17-18,29-30H,4-7,12-16H2,1-3H3,(H,27,31). The molecule has 32 heavy (non-hydrogen) atoms. The Bertz CT molecular complexity index is 880. The second-order valence-corrected chi connectivity index (χ2v) is 9.18. The number of morpholine rings is 1. The summed E-state index contributed by atoms with van der Waals surface area (Å²) >= 11 is 0. The highest BCUT2D eigenvalue weighted by atomic mass is 16.5. The molecule has 0 unspecified atom stereocenters. The van der Waals surface area contributed by atoms with E-state index in [9.17, 15) is 15.0 Å². The summed E-state index contributed by atoms with van der Waals surface area (Å²) < 4.78 is 5.38. The molecule has 1 heterocycles. The molecule has 3 rings (SSSR count). The van der Waals surface area contributed by atoms with Gasteiger partial charge in [-0.2, -0.15) is 0 Å². The van der Waals surface area contributed by atoms with Crippen molar-refractivity contribution >= 4 is 17.3 Å². The monoisotopic (exact) mass is 440 g/mol. The van der Waals surface area contributed by atoms with E-state index in [1.807, 2.05) is 24.3 Å².